The number of ether oxygens (including phenoxy) is 1. The van der Waals surface area contributed by atoms with Crippen LogP contribution in [-0.2, 0) is 4.79 Å². The lowest BCUT2D eigenvalue weighted by molar-refractivity contribution is -0.124. The first-order valence-corrected chi connectivity index (χ1v) is 12.8. The van der Waals surface area contributed by atoms with Gasteiger partial charge in [0.25, 0.3) is 0 Å². The molecule has 1 aromatic carbocycles. The standard InChI is InChI=1S/C29H36N2O2/c1-19-16-25-29(3,13-11-26(32)30-25)23-10-12-28(2)18-22(17-24(28)27(19)23)33-21-8-6-20(7-9-21)31-14-4-5-15-31/h4-9,11,13-15,19,22-25,27H,10,12,16-18H2,1-3H3,(H,30,32)/t19-,22-,23-,24-,25+,27?,28+,29+/m0/s1. The number of aromatic nitrogens is 1. The smallest absolute Gasteiger partial charge is 0.243 e. The summed E-state index contributed by atoms with van der Waals surface area (Å²) in [5, 5.41) is 3.30. The zero-order valence-corrected chi connectivity index (χ0v) is 20.0. The van der Waals surface area contributed by atoms with E-state index in [4.69, 9.17) is 4.74 Å². The van der Waals surface area contributed by atoms with Crippen molar-refractivity contribution in [3.05, 3.63) is 60.9 Å². The molecule has 1 amide bonds. The molecule has 33 heavy (non-hydrogen) atoms. The second kappa shape index (κ2) is 7.51. The molecule has 3 fully saturated rings. The Hall–Kier alpha value is -2.49. The van der Waals surface area contributed by atoms with E-state index in [1.54, 1.807) is 6.08 Å². The number of hydrogen-bond acceptors (Lipinski definition) is 2. The van der Waals surface area contributed by atoms with Gasteiger partial charge in [0.1, 0.15) is 5.75 Å². The van der Waals surface area contributed by atoms with Crippen molar-refractivity contribution < 1.29 is 9.53 Å². The fourth-order valence-electron chi connectivity index (χ4n) is 8.16. The number of nitrogens with one attached hydrogen (secondary N) is 1. The SMILES string of the molecule is C[C@H]1C[C@H]2NC(=O)C=C[C@]2(C)[C@H]2CC[C@]3(C)C[C@@H](Oc4ccc(-n5cccc5)cc4)C[C@H]3C12. The summed E-state index contributed by atoms with van der Waals surface area (Å²) in [6, 6.07) is 12.9. The van der Waals surface area contributed by atoms with Crippen LogP contribution in [0.4, 0.5) is 0 Å². The molecule has 1 aliphatic heterocycles. The topological polar surface area (TPSA) is 43.3 Å². The van der Waals surface area contributed by atoms with Crippen LogP contribution in [0.15, 0.2) is 60.9 Å². The van der Waals surface area contributed by atoms with E-state index in [0.717, 1.165) is 30.7 Å². The highest BCUT2D eigenvalue weighted by Gasteiger charge is 2.60. The van der Waals surface area contributed by atoms with Crippen LogP contribution in [0.1, 0.15) is 52.9 Å². The van der Waals surface area contributed by atoms with Gasteiger partial charge in [-0.15, -0.1) is 0 Å². The van der Waals surface area contributed by atoms with Crippen molar-refractivity contribution >= 4 is 5.91 Å². The Morgan fingerprint density at radius 3 is 2.58 bits per heavy atom. The molecule has 0 spiro atoms. The first-order chi connectivity index (χ1) is 15.9. The predicted octanol–water partition coefficient (Wildman–Crippen LogP) is 5.77. The Morgan fingerprint density at radius 2 is 1.82 bits per heavy atom. The summed E-state index contributed by atoms with van der Waals surface area (Å²) in [6.45, 7) is 7.35. The van der Waals surface area contributed by atoms with Gasteiger partial charge in [-0.1, -0.05) is 26.8 Å². The Balaban J connectivity index is 1.21. The lowest BCUT2D eigenvalue weighted by Gasteiger charge is -2.60. The molecule has 4 heteroatoms. The van der Waals surface area contributed by atoms with Crippen molar-refractivity contribution in [1.82, 2.24) is 9.88 Å². The molecule has 1 unspecified atom stereocenters. The fourth-order valence-corrected chi connectivity index (χ4v) is 8.16. The van der Waals surface area contributed by atoms with E-state index in [-0.39, 0.29) is 23.5 Å². The van der Waals surface area contributed by atoms with Crippen molar-refractivity contribution in [3.8, 4) is 11.4 Å². The second-order valence-corrected chi connectivity index (χ2v) is 11.7. The minimum Gasteiger partial charge on any atom is -0.490 e. The Labute approximate surface area is 197 Å². The quantitative estimate of drug-likeness (QED) is 0.653. The molecule has 4 aliphatic rings. The van der Waals surface area contributed by atoms with Gasteiger partial charge in [-0.25, -0.2) is 0 Å². The minimum atomic E-state index is 0.0830. The van der Waals surface area contributed by atoms with Gasteiger partial charge in [0, 0.05) is 29.5 Å². The maximum Gasteiger partial charge on any atom is 0.243 e. The number of rotatable bonds is 3. The van der Waals surface area contributed by atoms with E-state index in [1.807, 2.05) is 12.1 Å². The van der Waals surface area contributed by atoms with E-state index in [1.165, 1.54) is 12.8 Å². The summed E-state index contributed by atoms with van der Waals surface area (Å²) in [5.41, 5.74) is 1.60. The van der Waals surface area contributed by atoms with Gasteiger partial charge in [0.05, 0.1) is 6.10 Å². The predicted molar refractivity (Wildman–Crippen MR) is 130 cm³/mol. The van der Waals surface area contributed by atoms with Crippen LogP contribution in [0.5, 0.6) is 5.75 Å². The number of amides is 1. The van der Waals surface area contributed by atoms with Gasteiger partial charge in [-0.2, -0.15) is 0 Å². The molecule has 3 aliphatic carbocycles. The van der Waals surface area contributed by atoms with Gasteiger partial charge >= 0.3 is 0 Å². The molecule has 2 aromatic rings. The average Bonchev–Trinajstić information content (AvgIpc) is 3.43. The maximum absolute atomic E-state index is 12.0. The minimum absolute atomic E-state index is 0.0830. The van der Waals surface area contributed by atoms with Crippen LogP contribution in [0.2, 0.25) is 0 Å². The summed E-state index contributed by atoms with van der Waals surface area (Å²) in [4.78, 5) is 12.0. The van der Waals surface area contributed by atoms with E-state index < -0.39 is 0 Å². The van der Waals surface area contributed by atoms with Gasteiger partial charge in [0.15, 0.2) is 0 Å². The molecule has 2 heterocycles. The van der Waals surface area contributed by atoms with Crippen molar-refractivity contribution in [2.45, 2.75) is 65.0 Å². The van der Waals surface area contributed by atoms with Crippen LogP contribution >= 0.6 is 0 Å². The molecule has 0 saturated heterocycles. The summed E-state index contributed by atoms with van der Waals surface area (Å²) < 4.78 is 8.71. The zero-order valence-electron chi connectivity index (χ0n) is 20.0. The first kappa shape index (κ1) is 21.1. The Bertz CT molecular complexity index is 1060. The van der Waals surface area contributed by atoms with Crippen molar-refractivity contribution in [2.24, 2.45) is 34.5 Å². The molecule has 6 rings (SSSR count). The van der Waals surface area contributed by atoms with Crippen LogP contribution < -0.4 is 10.1 Å². The largest absolute Gasteiger partial charge is 0.490 e. The number of hydrogen-bond donors (Lipinski definition) is 1. The van der Waals surface area contributed by atoms with Crippen LogP contribution in [0.3, 0.4) is 0 Å². The summed E-state index contributed by atoms with van der Waals surface area (Å²) in [5.74, 6) is 3.73. The molecule has 8 atom stereocenters. The fraction of sp³-hybridized carbons (Fsp3) is 0.552. The number of fused-ring (bicyclic) bond motifs is 5. The van der Waals surface area contributed by atoms with Crippen LogP contribution in [-0.4, -0.2) is 22.6 Å². The number of carbonyl (C=O) groups is 1. The summed E-state index contributed by atoms with van der Waals surface area (Å²) in [6.07, 6.45) is 14.4. The second-order valence-electron chi connectivity index (χ2n) is 11.7. The number of benzene rings is 1. The molecule has 174 valence electrons. The maximum atomic E-state index is 12.0. The molecule has 1 N–H and O–H groups in total. The van der Waals surface area contributed by atoms with E-state index in [9.17, 15) is 4.79 Å². The molecule has 3 saturated carbocycles. The van der Waals surface area contributed by atoms with Gasteiger partial charge in [0.2, 0.25) is 5.91 Å². The Morgan fingerprint density at radius 1 is 1.06 bits per heavy atom. The highest BCUT2D eigenvalue weighted by molar-refractivity contribution is 5.89. The third-order valence-electron chi connectivity index (χ3n) is 9.83. The van der Waals surface area contributed by atoms with Gasteiger partial charge < -0.3 is 14.6 Å². The lowest BCUT2D eigenvalue weighted by atomic mass is 9.46. The summed E-state index contributed by atoms with van der Waals surface area (Å²) >= 11 is 0. The zero-order chi connectivity index (χ0) is 22.8. The summed E-state index contributed by atoms with van der Waals surface area (Å²) in [7, 11) is 0. The molecule has 0 bridgehead atoms. The molecule has 4 nitrogen and oxygen atoms in total. The van der Waals surface area contributed by atoms with Gasteiger partial charge in [-0.3, -0.25) is 4.79 Å². The van der Waals surface area contributed by atoms with Crippen molar-refractivity contribution in [1.29, 1.82) is 0 Å². The molecule has 0 radical (unpaired) electrons. The van der Waals surface area contributed by atoms with E-state index >= 15 is 0 Å². The molecule has 1 aromatic heterocycles. The highest BCUT2D eigenvalue weighted by Crippen LogP contribution is 2.64. The van der Waals surface area contributed by atoms with Crippen LogP contribution in [0, 0.1) is 34.5 Å². The number of nitrogens with zero attached hydrogens (tertiary/aromatic N) is 1. The van der Waals surface area contributed by atoms with E-state index in [2.05, 4.69) is 73.4 Å². The van der Waals surface area contributed by atoms with Crippen LogP contribution in [0.25, 0.3) is 5.69 Å². The third-order valence-corrected chi connectivity index (χ3v) is 9.83. The average molecular weight is 445 g/mol. The van der Waals surface area contributed by atoms with Crippen molar-refractivity contribution in [3.63, 3.8) is 0 Å². The first-order valence-electron chi connectivity index (χ1n) is 12.8. The monoisotopic (exact) mass is 444 g/mol. The Kier molecular flexibility index (Phi) is 4.80. The van der Waals surface area contributed by atoms with Crippen molar-refractivity contribution in [2.75, 3.05) is 0 Å². The van der Waals surface area contributed by atoms with Gasteiger partial charge in [-0.05, 0) is 104 Å². The number of carbonyl (C=O) groups excluding carboxylic acids is 1. The normalized spacial score (nSPS) is 41.6. The molecular weight excluding hydrogens is 408 g/mol. The third kappa shape index (κ3) is 3.36. The highest BCUT2D eigenvalue weighted by atomic mass is 16.5. The lowest BCUT2D eigenvalue weighted by Crippen LogP contribution is -2.61. The molecular formula is C29H36N2O2. The van der Waals surface area contributed by atoms with E-state index in [0.29, 0.717) is 29.1 Å².